The third-order valence-corrected chi connectivity index (χ3v) is 5.99. The van der Waals surface area contributed by atoms with Crippen molar-refractivity contribution in [2.24, 2.45) is 10.2 Å². The number of morpholine rings is 1. The number of nitrogens with zero attached hydrogens (tertiary/aromatic N) is 7. The molecule has 1 fully saturated rings. The molecule has 9 heteroatoms. The summed E-state index contributed by atoms with van der Waals surface area (Å²) in [5.41, 5.74) is 2.38. The highest BCUT2D eigenvalue weighted by Crippen LogP contribution is 2.36. The maximum absolute atomic E-state index is 5.48. The van der Waals surface area contributed by atoms with E-state index >= 15 is 0 Å². The number of aromatic nitrogens is 2. The summed E-state index contributed by atoms with van der Waals surface area (Å²) in [5.74, 6) is 2.09. The van der Waals surface area contributed by atoms with Crippen LogP contribution in [0, 0.1) is 0 Å². The van der Waals surface area contributed by atoms with Crippen molar-refractivity contribution >= 4 is 23.0 Å². The molecule has 1 aliphatic rings. The lowest BCUT2D eigenvalue weighted by Gasteiger charge is -2.27. The summed E-state index contributed by atoms with van der Waals surface area (Å²) in [6.45, 7) is 6.76. The van der Waals surface area contributed by atoms with Gasteiger partial charge in [-0.2, -0.15) is 5.11 Å². The summed E-state index contributed by atoms with van der Waals surface area (Å²) in [7, 11) is 6.18. The van der Waals surface area contributed by atoms with E-state index in [1.54, 1.807) is 0 Å². The minimum absolute atomic E-state index is 0.641. The Morgan fingerprint density at radius 3 is 2.28 bits per heavy atom. The maximum atomic E-state index is 5.48. The summed E-state index contributed by atoms with van der Waals surface area (Å²) in [6, 6.07) is 19.8. The largest absolute Gasteiger partial charge is 0.379 e. The molecule has 3 aromatic rings. The van der Waals surface area contributed by atoms with Crippen LogP contribution in [0.4, 0.5) is 23.0 Å². The van der Waals surface area contributed by atoms with Gasteiger partial charge in [0.25, 0.3) is 0 Å². The molecule has 1 saturated heterocycles. The Morgan fingerprint density at radius 2 is 1.58 bits per heavy atom. The average Bonchev–Trinajstić information content (AvgIpc) is 2.92. The second-order valence-corrected chi connectivity index (χ2v) is 9.08. The van der Waals surface area contributed by atoms with E-state index in [9.17, 15) is 0 Å². The molecular formula is C27H36N8O. The van der Waals surface area contributed by atoms with Gasteiger partial charge in [0.15, 0.2) is 23.1 Å². The highest BCUT2D eigenvalue weighted by molar-refractivity contribution is 5.77. The Balaban J connectivity index is 1.70. The van der Waals surface area contributed by atoms with Crippen molar-refractivity contribution in [2.45, 2.75) is 0 Å². The van der Waals surface area contributed by atoms with Gasteiger partial charge in [-0.15, -0.1) is 5.11 Å². The molecule has 0 amide bonds. The zero-order chi connectivity index (χ0) is 25.2. The Kier molecular flexibility index (Phi) is 9.32. The highest BCUT2D eigenvalue weighted by Gasteiger charge is 2.20. The molecule has 4 rings (SSSR count). The van der Waals surface area contributed by atoms with Crippen LogP contribution >= 0.6 is 0 Å². The molecule has 0 aliphatic carbocycles. The number of hydrogen-bond donors (Lipinski definition) is 1. The monoisotopic (exact) mass is 488 g/mol. The van der Waals surface area contributed by atoms with Crippen molar-refractivity contribution in [1.82, 2.24) is 19.8 Å². The van der Waals surface area contributed by atoms with Crippen molar-refractivity contribution < 1.29 is 4.74 Å². The predicted octanol–water partition coefficient (Wildman–Crippen LogP) is 4.30. The number of benzene rings is 2. The molecule has 0 atom stereocenters. The van der Waals surface area contributed by atoms with Gasteiger partial charge in [0, 0.05) is 51.9 Å². The second kappa shape index (κ2) is 13.1. The molecular weight excluding hydrogens is 452 g/mol. The lowest BCUT2D eigenvalue weighted by molar-refractivity contribution is 0.0398. The minimum atomic E-state index is 0.641. The molecule has 190 valence electrons. The van der Waals surface area contributed by atoms with Gasteiger partial charge in [-0.25, -0.2) is 9.97 Å². The van der Waals surface area contributed by atoms with Crippen molar-refractivity contribution in [2.75, 3.05) is 83.8 Å². The van der Waals surface area contributed by atoms with Crippen molar-refractivity contribution in [3.05, 3.63) is 60.7 Å². The van der Waals surface area contributed by atoms with Gasteiger partial charge < -0.3 is 19.9 Å². The van der Waals surface area contributed by atoms with E-state index < -0.39 is 0 Å². The number of anilines is 2. The normalized spacial score (nSPS) is 14.4. The van der Waals surface area contributed by atoms with E-state index in [0.717, 1.165) is 69.6 Å². The molecule has 36 heavy (non-hydrogen) atoms. The van der Waals surface area contributed by atoms with E-state index in [0.29, 0.717) is 17.3 Å². The highest BCUT2D eigenvalue weighted by atomic mass is 16.5. The third-order valence-electron chi connectivity index (χ3n) is 5.99. The molecule has 9 nitrogen and oxygen atoms in total. The molecule has 0 saturated carbocycles. The van der Waals surface area contributed by atoms with Crippen LogP contribution in [0.3, 0.4) is 0 Å². The fourth-order valence-electron chi connectivity index (χ4n) is 3.86. The Bertz CT molecular complexity index is 1100. The molecule has 2 heterocycles. The lowest BCUT2D eigenvalue weighted by Crippen LogP contribution is -2.39. The first-order valence-corrected chi connectivity index (χ1v) is 12.4. The standard InChI is InChI=1S/C27H36N8O/c1-33(2)16-17-34(3)27-24(32-31-23-12-8-5-9-13-23)26(28-14-15-35-18-20-36-21-19-35)29-25(30-27)22-10-6-4-7-11-22/h4-13H,14-21H2,1-3H3,(H,28,29,30). The van der Waals surface area contributed by atoms with Crippen LogP contribution in [0.15, 0.2) is 70.9 Å². The summed E-state index contributed by atoms with van der Waals surface area (Å²) in [4.78, 5) is 16.6. The third kappa shape index (κ3) is 7.30. The second-order valence-electron chi connectivity index (χ2n) is 9.08. The summed E-state index contributed by atoms with van der Waals surface area (Å²) in [6.07, 6.45) is 0. The average molecular weight is 489 g/mol. The SMILES string of the molecule is CN(C)CCN(C)c1nc(-c2ccccc2)nc(NCCN2CCOCC2)c1N=Nc1ccccc1. The van der Waals surface area contributed by atoms with E-state index in [2.05, 4.69) is 44.3 Å². The first kappa shape index (κ1) is 25.7. The van der Waals surface area contributed by atoms with Gasteiger partial charge in [0.05, 0.1) is 18.9 Å². The number of nitrogens with one attached hydrogen (secondary N) is 1. The number of rotatable bonds is 11. The van der Waals surface area contributed by atoms with Gasteiger partial charge >= 0.3 is 0 Å². The van der Waals surface area contributed by atoms with Crippen molar-refractivity contribution in [3.8, 4) is 11.4 Å². The van der Waals surface area contributed by atoms with E-state index in [-0.39, 0.29) is 0 Å². The smallest absolute Gasteiger partial charge is 0.170 e. The number of likely N-dealkylation sites (N-methyl/N-ethyl adjacent to an activating group) is 2. The van der Waals surface area contributed by atoms with Crippen molar-refractivity contribution in [3.63, 3.8) is 0 Å². The number of hydrogen-bond acceptors (Lipinski definition) is 9. The first-order chi connectivity index (χ1) is 17.6. The van der Waals surface area contributed by atoms with E-state index in [1.165, 1.54) is 0 Å². The molecule has 0 spiro atoms. The quantitative estimate of drug-likeness (QED) is 0.403. The van der Waals surface area contributed by atoms with Crippen LogP contribution in [-0.4, -0.2) is 93.4 Å². The van der Waals surface area contributed by atoms with E-state index in [4.69, 9.17) is 14.7 Å². The lowest BCUT2D eigenvalue weighted by atomic mass is 10.2. The molecule has 0 radical (unpaired) electrons. The zero-order valence-electron chi connectivity index (χ0n) is 21.5. The number of ether oxygens (including phenoxy) is 1. The van der Waals surface area contributed by atoms with Crippen LogP contribution in [0.5, 0.6) is 0 Å². The van der Waals surface area contributed by atoms with Gasteiger partial charge in [-0.3, -0.25) is 4.90 Å². The van der Waals surface area contributed by atoms with Gasteiger partial charge in [0.1, 0.15) is 0 Å². The van der Waals surface area contributed by atoms with Crippen LogP contribution < -0.4 is 10.2 Å². The van der Waals surface area contributed by atoms with Gasteiger partial charge in [0.2, 0.25) is 0 Å². The molecule has 1 N–H and O–H groups in total. The summed E-state index contributed by atoms with van der Waals surface area (Å²) < 4.78 is 5.48. The molecule has 1 aromatic heterocycles. The van der Waals surface area contributed by atoms with Gasteiger partial charge in [-0.05, 0) is 26.2 Å². The molecule has 0 bridgehead atoms. The Hall–Kier alpha value is -3.40. The predicted molar refractivity (Wildman–Crippen MR) is 146 cm³/mol. The van der Waals surface area contributed by atoms with Crippen molar-refractivity contribution in [1.29, 1.82) is 0 Å². The van der Waals surface area contributed by atoms with Gasteiger partial charge in [-0.1, -0.05) is 48.5 Å². The van der Waals surface area contributed by atoms with Crippen LogP contribution in [0.1, 0.15) is 0 Å². The van der Waals surface area contributed by atoms with Crippen LogP contribution in [0.2, 0.25) is 0 Å². The maximum Gasteiger partial charge on any atom is 0.170 e. The Labute approximate surface area is 213 Å². The summed E-state index contributed by atoms with van der Waals surface area (Å²) >= 11 is 0. The number of azo groups is 1. The Morgan fingerprint density at radius 1 is 0.889 bits per heavy atom. The van der Waals surface area contributed by atoms with E-state index in [1.807, 2.05) is 67.7 Å². The fraction of sp³-hybridized carbons (Fsp3) is 0.407. The topological polar surface area (TPSA) is 81.5 Å². The van der Waals surface area contributed by atoms with Crippen LogP contribution in [0.25, 0.3) is 11.4 Å². The zero-order valence-corrected chi connectivity index (χ0v) is 21.5. The first-order valence-electron chi connectivity index (χ1n) is 12.4. The summed E-state index contributed by atoms with van der Waals surface area (Å²) in [5, 5.41) is 12.7. The van der Waals surface area contributed by atoms with Crippen LogP contribution in [-0.2, 0) is 4.74 Å². The molecule has 2 aromatic carbocycles. The fourth-order valence-corrected chi connectivity index (χ4v) is 3.86. The minimum Gasteiger partial charge on any atom is -0.379 e. The molecule has 1 aliphatic heterocycles. The molecule has 0 unspecified atom stereocenters.